The maximum atomic E-state index is 12.4. The summed E-state index contributed by atoms with van der Waals surface area (Å²) in [7, 11) is 0. The molecule has 0 N–H and O–H groups in total. The monoisotopic (exact) mass is 226 g/mol. The van der Waals surface area contributed by atoms with Gasteiger partial charge in [-0.1, -0.05) is 6.92 Å². The first-order valence-corrected chi connectivity index (χ1v) is 4.75. The summed E-state index contributed by atoms with van der Waals surface area (Å²) < 4.78 is 46.3. The van der Waals surface area contributed by atoms with Gasteiger partial charge in [-0.05, 0) is 19.3 Å². The van der Waals surface area contributed by atoms with Crippen LogP contribution >= 0.6 is 0 Å². The molecule has 0 spiro atoms. The highest BCUT2D eigenvalue weighted by molar-refractivity contribution is 5.75. The van der Waals surface area contributed by atoms with Crippen molar-refractivity contribution in [3.8, 4) is 0 Å². The van der Waals surface area contributed by atoms with Crippen molar-refractivity contribution in [2.75, 3.05) is 6.61 Å². The standard InChI is InChI=1S/C9H13F3O3/c1-3-14-8(13)6-4-5(2)7(15-6)9(10,11)12/h5-7H,3-4H2,1-2H3/t5-,6-,7+/m0/s1. The first kappa shape index (κ1) is 12.3. The molecule has 1 rings (SSSR count). The molecule has 0 aliphatic carbocycles. The third kappa shape index (κ3) is 2.84. The van der Waals surface area contributed by atoms with Crippen molar-refractivity contribution in [2.45, 2.75) is 38.7 Å². The Balaban J connectivity index is 2.60. The van der Waals surface area contributed by atoms with Gasteiger partial charge in [0.05, 0.1) is 6.61 Å². The summed E-state index contributed by atoms with van der Waals surface area (Å²) in [4.78, 5) is 11.1. The summed E-state index contributed by atoms with van der Waals surface area (Å²) in [5, 5.41) is 0. The van der Waals surface area contributed by atoms with Crippen molar-refractivity contribution in [3.05, 3.63) is 0 Å². The molecule has 0 amide bonds. The molecule has 0 radical (unpaired) electrons. The number of ether oxygens (including phenoxy) is 2. The lowest BCUT2D eigenvalue weighted by Crippen LogP contribution is -2.34. The number of alkyl halides is 3. The van der Waals surface area contributed by atoms with E-state index in [1.54, 1.807) is 6.92 Å². The third-order valence-corrected chi connectivity index (χ3v) is 2.29. The number of esters is 1. The molecule has 1 heterocycles. The fourth-order valence-corrected chi connectivity index (χ4v) is 1.61. The van der Waals surface area contributed by atoms with Gasteiger partial charge in [0.25, 0.3) is 0 Å². The Hall–Kier alpha value is -0.780. The van der Waals surface area contributed by atoms with E-state index in [2.05, 4.69) is 9.47 Å². The summed E-state index contributed by atoms with van der Waals surface area (Å²) in [6.07, 6.45) is -7.29. The van der Waals surface area contributed by atoms with Crippen LogP contribution in [0.2, 0.25) is 0 Å². The fraction of sp³-hybridized carbons (Fsp3) is 0.889. The van der Waals surface area contributed by atoms with Crippen LogP contribution in [0.1, 0.15) is 20.3 Å². The van der Waals surface area contributed by atoms with Crippen molar-refractivity contribution in [1.29, 1.82) is 0 Å². The maximum Gasteiger partial charge on any atom is 0.414 e. The molecule has 6 heteroatoms. The molecular weight excluding hydrogens is 213 g/mol. The van der Waals surface area contributed by atoms with Gasteiger partial charge < -0.3 is 9.47 Å². The molecule has 1 aliphatic heterocycles. The molecule has 0 bridgehead atoms. The zero-order valence-electron chi connectivity index (χ0n) is 8.50. The molecule has 1 saturated heterocycles. The van der Waals surface area contributed by atoms with Crippen LogP contribution in [-0.2, 0) is 14.3 Å². The van der Waals surface area contributed by atoms with E-state index in [9.17, 15) is 18.0 Å². The van der Waals surface area contributed by atoms with Gasteiger partial charge in [-0.3, -0.25) is 0 Å². The number of halogens is 3. The minimum Gasteiger partial charge on any atom is -0.464 e. The van der Waals surface area contributed by atoms with Crippen molar-refractivity contribution in [1.82, 2.24) is 0 Å². The second kappa shape index (κ2) is 4.38. The second-order valence-corrected chi connectivity index (χ2v) is 3.55. The predicted octanol–water partition coefficient (Wildman–Crippen LogP) is 1.91. The van der Waals surface area contributed by atoms with Crippen LogP contribution in [-0.4, -0.2) is 31.0 Å². The van der Waals surface area contributed by atoms with E-state index in [4.69, 9.17) is 0 Å². The van der Waals surface area contributed by atoms with E-state index in [0.29, 0.717) is 0 Å². The molecule has 0 unspecified atom stereocenters. The summed E-state index contributed by atoms with van der Waals surface area (Å²) >= 11 is 0. The highest BCUT2D eigenvalue weighted by Crippen LogP contribution is 2.37. The SMILES string of the molecule is CCOC(=O)[C@@H]1C[C@H](C)[C@H](C(F)(F)F)O1. The fourth-order valence-electron chi connectivity index (χ4n) is 1.61. The first-order valence-electron chi connectivity index (χ1n) is 4.75. The van der Waals surface area contributed by atoms with Gasteiger partial charge in [-0.2, -0.15) is 13.2 Å². The summed E-state index contributed by atoms with van der Waals surface area (Å²) in [5.74, 6) is -1.42. The molecule has 88 valence electrons. The third-order valence-electron chi connectivity index (χ3n) is 2.29. The average molecular weight is 226 g/mol. The van der Waals surface area contributed by atoms with E-state index in [0.717, 1.165) is 0 Å². The van der Waals surface area contributed by atoms with Crippen LogP contribution in [0.15, 0.2) is 0 Å². The normalized spacial score (nSPS) is 31.7. The average Bonchev–Trinajstić information content (AvgIpc) is 2.47. The maximum absolute atomic E-state index is 12.4. The lowest BCUT2D eigenvalue weighted by Gasteiger charge is -2.18. The number of rotatable bonds is 2. The van der Waals surface area contributed by atoms with Crippen LogP contribution in [0.5, 0.6) is 0 Å². The predicted molar refractivity (Wildman–Crippen MR) is 45.1 cm³/mol. The largest absolute Gasteiger partial charge is 0.464 e. The van der Waals surface area contributed by atoms with Gasteiger partial charge in [0, 0.05) is 0 Å². The van der Waals surface area contributed by atoms with Gasteiger partial charge in [0.15, 0.2) is 12.2 Å². The van der Waals surface area contributed by atoms with Crippen molar-refractivity contribution in [3.63, 3.8) is 0 Å². The number of hydrogen-bond donors (Lipinski definition) is 0. The minimum atomic E-state index is -4.42. The van der Waals surface area contributed by atoms with Crippen LogP contribution in [0.3, 0.4) is 0 Å². The van der Waals surface area contributed by atoms with E-state index >= 15 is 0 Å². The Morgan fingerprint density at radius 2 is 2.13 bits per heavy atom. The van der Waals surface area contributed by atoms with E-state index in [1.165, 1.54) is 6.92 Å². The van der Waals surface area contributed by atoms with Crippen LogP contribution < -0.4 is 0 Å². The smallest absolute Gasteiger partial charge is 0.414 e. The molecule has 0 aromatic carbocycles. The van der Waals surface area contributed by atoms with Crippen LogP contribution in [0, 0.1) is 5.92 Å². The van der Waals surface area contributed by atoms with Gasteiger partial charge in [0.2, 0.25) is 0 Å². The lowest BCUT2D eigenvalue weighted by molar-refractivity contribution is -0.224. The molecule has 0 saturated carbocycles. The van der Waals surface area contributed by atoms with Crippen LogP contribution in [0.25, 0.3) is 0 Å². The van der Waals surface area contributed by atoms with Gasteiger partial charge in [-0.25, -0.2) is 4.79 Å². The Labute approximate surface area is 85.5 Å². The zero-order chi connectivity index (χ0) is 11.6. The van der Waals surface area contributed by atoms with Crippen molar-refractivity contribution in [2.24, 2.45) is 5.92 Å². The molecular formula is C9H13F3O3. The van der Waals surface area contributed by atoms with Gasteiger partial charge in [0.1, 0.15) is 0 Å². The molecule has 3 atom stereocenters. The topological polar surface area (TPSA) is 35.5 Å². The molecule has 1 aliphatic rings. The molecule has 0 aromatic rings. The Morgan fingerprint density at radius 3 is 2.53 bits per heavy atom. The highest BCUT2D eigenvalue weighted by Gasteiger charge is 2.51. The minimum absolute atomic E-state index is 0.0585. The van der Waals surface area contributed by atoms with Crippen molar-refractivity contribution < 1.29 is 27.4 Å². The quantitative estimate of drug-likeness (QED) is 0.674. The van der Waals surface area contributed by atoms with Crippen LogP contribution in [0.4, 0.5) is 13.2 Å². The summed E-state index contributed by atoms with van der Waals surface area (Å²) in [5.41, 5.74) is 0. The Kier molecular flexibility index (Phi) is 3.59. The van der Waals surface area contributed by atoms with Crippen molar-refractivity contribution >= 4 is 5.97 Å². The second-order valence-electron chi connectivity index (χ2n) is 3.55. The lowest BCUT2D eigenvalue weighted by atomic mass is 10.0. The summed E-state index contributed by atoms with van der Waals surface area (Å²) in [6.45, 7) is 3.15. The number of carbonyl (C=O) groups excluding carboxylic acids is 1. The van der Waals surface area contributed by atoms with E-state index in [1.807, 2.05) is 0 Å². The van der Waals surface area contributed by atoms with Gasteiger partial charge in [-0.15, -0.1) is 0 Å². The molecule has 0 aromatic heterocycles. The zero-order valence-corrected chi connectivity index (χ0v) is 8.50. The van der Waals surface area contributed by atoms with E-state index in [-0.39, 0.29) is 13.0 Å². The number of hydrogen-bond acceptors (Lipinski definition) is 3. The first-order chi connectivity index (χ1) is 6.86. The van der Waals surface area contributed by atoms with E-state index < -0.39 is 30.3 Å². The number of carbonyl (C=O) groups is 1. The molecule has 1 fully saturated rings. The van der Waals surface area contributed by atoms with Gasteiger partial charge >= 0.3 is 12.1 Å². The Bertz CT molecular complexity index is 239. The Morgan fingerprint density at radius 1 is 1.53 bits per heavy atom. The molecule has 3 nitrogen and oxygen atoms in total. The molecule has 15 heavy (non-hydrogen) atoms. The summed E-state index contributed by atoms with van der Waals surface area (Å²) in [6, 6.07) is 0. The highest BCUT2D eigenvalue weighted by atomic mass is 19.4.